The van der Waals surface area contributed by atoms with Crippen LogP contribution in [-0.4, -0.2) is 0 Å². The molecule has 1 aliphatic carbocycles. The normalized spacial score (nSPS) is 14.5. The van der Waals surface area contributed by atoms with Crippen molar-refractivity contribution in [2.75, 3.05) is 0 Å². The summed E-state index contributed by atoms with van der Waals surface area (Å²) in [7, 11) is 0. The van der Waals surface area contributed by atoms with E-state index in [-0.39, 0.29) is 0 Å². The van der Waals surface area contributed by atoms with Crippen molar-refractivity contribution in [3.05, 3.63) is 241 Å². The van der Waals surface area contributed by atoms with Gasteiger partial charge in [0.15, 0.2) is 0 Å². The fourth-order valence-corrected chi connectivity index (χ4v) is 10.6. The zero-order valence-electron chi connectivity index (χ0n) is 33.4. The van der Waals surface area contributed by atoms with Crippen LogP contribution in [0.2, 0.25) is 0 Å². The van der Waals surface area contributed by atoms with Gasteiger partial charge in [-0.1, -0.05) is 206 Å². The lowest BCUT2D eigenvalue weighted by atomic mass is 9.72. The molecule has 0 amide bonds. The van der Waals surface area contributed by atoms with Gasteiger partial charge in [-0.25, -0.2) is 0 Å². The highest BCUT2D eigenvalue weighted by Gasteiger charge is 2.42. The van der Waals surface area contributed by atoms with Crippen LogP contribution < -0.4 is 0 Å². The summed E-state index contributed by atoms with van der Waals surface area (Å²) in [6, 6.07) is 83.4. The molecule has 0 radical (unpaired) electrons. The lowest BCUT2D eigenvalue weighted by Gasteiger charge is -2.30. The van der Waals surface area contributed by atoms with Crippen LogP contribution in [-0.2, 0) is 5.41 Å². The number of hydrogen-bond acceptors (Lipinski definition) is 0. The van der Waals surface area contributed by atoms with Crippen LogP contribution in [0.3, 0.4) is 0 Å². The molecule has 0 aromatic heterocycles. The molecule has 0 spiro atoms. The summed E-state index contributed by atoms with van der Waals surface area (Å²) in [5.41, 5.74) is 16.2. The average Bonchev–Trinajstić information content (AvgIpc) is 3.57. The summed E-state index contributed by atoms with van der Waals surface area (Å²) in [5.74, 6) is 0. The van der Waals surface area contributed by atoms with Gasteiger partial charge in [0.05, 0.1) is 0 Å². The zero-order chi connectivity index (χ0) is 39.8. The fraction of sp³-hybridized carbons (Fsp3) is 0.0333. The van der Waals surface area contributed by atoms with E-state index in [9.17, 15) is 0 Å². The zero-order valence-corrected chi connectivity index (χ0v) is 33.4. The number of hydrogen-bond donors (Lipinski definition) is 0. The molecule has 0 heterocycles. The second kappa shape index (κ2) is 13.5. The van der Waals surface area contributed by atoms with E-state index in [1.165, 1.54) is 115 Å². The van der Waals surface area contributed by atoms with Gasteiger partial charge in [-0.15, -0.1) is 0 Å². The van der Waals surface area contributed by atoms with Crippen molar-refractivity contribution >= 4 is 43.1 Å². The Morgan fingerprint density at radius 3 is 1.07 bits per heavy atom. The van der Waals surface area contributed by atoms with Gasteiger partial charge in [0.1, 0.15) is 0 Å². The Labute approximate surface area is 350 Å². The summed E-state index contributed by atoms with van der Waals surface area (Å²) < 4.78 is 0. The van der Waals surface area contributed by atoms with Crippen LogP contribution in [0, 0.1) is 0 Å². The van der Waals surface area contributed by atoms with Gasteiger partial charge in [0, 0.05) is 5.41 Å². The van der Waals surface area contributed by atoms with Crippen LogP contribution in [0.5, 0.6) is 0 Å². The summed E-state index contributed by atoms with van der Waals surface area (Å²) in [6.45, 7) is 2.47. The highest BCUT2D eigenvalue weighted by molar-refractivity contribution is 6.23. The molecule has 0 saturated heterocycles. The third-order valence-electron chi connectivity index (χ3n) is 13.3. The quantitative estimate of drug-likeness (QED) is 0.153. The van der Waals surface area contributed by atoms with E-state index in [1.54, 1.807) is 0 Å². The van der Waals surface area contributed by atoms with E-state index >= 15 is 0 Å². The molecule has 0 fully saturated rings. The maximum absolute atomic E-state index is 2.56. The third kappa shape index (κ3) is 5.04. The predicted molar refractivity (Wildman–Crippen MR) is 256 cm³/mol. The first kappa shape index (κ1) is 34.5. The molecule has 11 aromatic carbocycles. The summed E-state index contributed by atoms with van der Waals surface area (Å²) in [4.78, 5) is 0. The molecule has 1 atom stereocenters. The van der Waals surface area contributed by atoms with Gasteiger partial charge >= 0.3 is 0 Å². The topological polar surface area (TPSA) is 0 Å². The first-order chi connectivity index (χ1) is 29.7. The van der Waals surface area contributed by atoms with Gasteiger partial charge < -0.3 is 0 Å². The smallest absolute Gasteiger partial charge is 0.0436 e. The van der Waals surface area contributed by atoms with Crippen LogP contribution in [0.4, 0.5) is 0 Å². The Morgan fingerprint density at radius 1 is 0.250 bits per heavy atom. The predicted octanol–water partition coefficient (Wildman–Crippen LogP) is 16.3. The number of rotatable bonds is 5. The van der Waals surface area contributed by atoms with Crippen LogP contribution in [0.15, 0.2) is 224 Å². The fourth-order valence-electron chi connectivity index (χ4n) is 10.6. The van der Waals surface area contributed by atoms with E-state index in [1.807, 2.05) is 0 Å². The van der Waals surface area contributed by atoms with Gasteiger partial charge in [-0.05, 0) is 141 Å². The molecule has 280 valence electrons. The van der Waals surface area contributed by atoms with E-state index in [0.29, 0.717) is 0 Å². The molecular formula is C60H40. The lowest BCUT2D eigenvalue weighted by Crippen LogP contribution is -2.22. The standard InChI is InChI=1S/C60H40/c1-60(43-34-35-49-51(36-43)57(40-22-8-3-9-23-40)46-30-15-14-29-45(46)56(49)39-20-6-2-7-21-39)54-33-19-18-28-44(54)50-37-52-53(38-55(50)60)59(42-26-12-5-13-27-42)48-32-17-16-31-47(48)58(52)41-24-10-4-11-25-41/h2-38H,1H3. The Hall–Kier alpha value is -7.54. The van der Waals surface area contributed by atoms with Crippen molar-refractivity contribution in [2.24, 2.45) is 0 Å². The molecule has 11 aromatic rings. The molecule has 0 aliphatic heterocycles. The van der Waals surface area contributed by atoms with Crippen molar-refractivity contribution in [2.45, 2.75) is 12.3 Å². The van der Waals surface area contributed by atoms with Gasteiger partial charge in [-0.2, -0.15) is 0 Å². The van der Waals surface area contributed by atoms with Gasteiger partial charge in [0.25, 0.3) is 0 Å². The molecule has 0 saturated carbocycles. The Morgan fingerprint density at radius 2 is 0.600 bits per heavy atom. The minimum atomic E-state index is -0.437. The second-order valence-corrected chi connectivity index (χ2v) is 16.4. The van der Waals surface area contributed by atoms with E-state index in [2.05, 4.69) is 231 Å². The molecule has 0 N–H and O–H groups in total. The lowest BCUT2D eigenvalue weighted by molar-refractivity contribution is 0.716. The Kier molecular flexibility index (Phi) is 7.77. The molecule has 60 heavy (non-hydrogen) atoms. The molecule has 1 aliphatic rings. The van der Waals surface area contributed by atoms with Crippen LogP contribution >= 0.6 is 0 Å². The molecule has 12 rings (SSSR count). The van der Waals surface area contributed by atoms with Crippen molar-refractivity contribution in [3.8, 4) is 55.6 Å². The van der Waals surface area contributed by atoms with E-state index < -0.39 is 5.41 Å². The van der Waals surface area contributed by atoms with Gasteiger partial charge in [0.2, 0.25) is 0 Å². The summed E-state index contributed by atoms with van der Waals surface area (Å²) in [6.07, 6.45) is 0. The highest BCUT2D eigenvalue weighted by Crippen LogP contribution is 2.56. The molecule has 0 heteroatoms. The van der Waals surface area contributed by atoms with Crippen LogP contribution in [0.25, 0.3) is 98.7 Å². The maximum atomic E-state index is 2.56. The first-order valence-corrected chi connectivity index (χ1v) is 21.0. The number of benzene rings is 11. The van der Waals surface area contributed by atoms with E-state index in [0.717, 1.165) is 0 Å². The summed E-state index contributed by atoms with van der Waals surface area (Å²) in [5, 5.41) is 10.2. The molecule has 0 bridgehead atoms. The minimum Gasteiger partial charge on any atom is -0.0622 e. The third-order valence-corrected chi connectivity index (χ3v) is 13.3. The molecule has 1 unspecified atom stereocenters. The highest BCUT2D eigenvalue weighted by atomic mass is 14.4. The van der Waals surface area contributed by atoms with E-state index in [4.69, 9.17) is 0 Å². The molecule has 0 nitrogen and oxygen atoms in total. The largest absolute Gasteiger partial charge is 0.0622 e. The Balaban J connectivity index is 1.21. The van der Waals surface area contributed by atoms with Crippen LogP contribution in [0.1, 0.15) is 23.6 Å². The maximum Gasteiger partial charge on any atom is 0.0436 e. The first-order valence-electron chi connectivity index (χ1n) is 21.0. The van der Waals surface area contributed by atoms with Crippen molar-refractivity contribution in [3.63, 3.8) is 0 Å². The second-order valence-electron chi connectivity index (χ2n) is 16.4. The minimum absolute atomic E-state index is 0.437. The SMILES string of the molecule is CC1(c2ccc3c(-c4ccccc4)c4ccccc4c(-c4ccccc4)c3c2)c2ccccc2-c2cc3c(-c4ccccc4)c4ccccc4c(-c4ccccc4)c3cc21. The Bertz CT molecular complexity index is 3460. The van der Waals surface area contributed by atoms with Crippen molar-refractivity contribution in [1.82, 2.24) is 0 Å². The summed E-state index contributed by atoms with van der Waals surface area (Å²) >= 11 is 0. The van der Waals surface area contributed by atoms with Crippen molar-refractivity contribution in [1.29, 1.82) is 0 Å². The van der Waals surface area contributed by atoms with Gasteiger partial charge in [-0.3, -0.25) is 0 Å². The number of fused-ring (bicyclic) bond motifs is 7. The monoisotopic (exact) mass is 760 g/mol. The molecular weight excluding hydrogens is 721 g/mol. The van der Waals surface area contributed by atoms with Crippen molar-refractivity contribution < 1.29 is 0 Å². The average molecular weight is 761 g/mol.